The Kier molecular flexibility index (Phi) is 10.1. The molecule has 7 heteroatoms. The van der Waals surface area contributed by atoms with Gasteiger partial charge in [0, 0.05) is 11.3 Å². The van der Waals surface area contributed by atoms with Crippen LogP contribution in [-0.4, -0.2) is 30.3 Å². The van der Waals surface area contributed by atoms with Crippen LogP contribution < -0.4 is 10.5 Å². The van der Waals surface area contributed by atoms with E-state index in [-0.39, 0.29) is 11.5 Å². The number of hydrogen-bond acceptors (Lipinski definition) is 6. The summed E-state index contributed by atoms with van der Waals surface area (Å²) in [5.41, 5.74) is 7.32. The fourth-order valence-corrected chi connectivity index (χ4v) is 1.93. The number of ether oxygens (including phenoxy) is 2. The van der Waals surface area contributed by atoms with Gasteiger partial charge in [-0.3, -0.25) is 0 Å². The van der Waals surface area contributed by atoms with Gasteiger partial charge >= 0.3 is 11.9 Å². The number of unbranched alkanes of at least 4 members (excludes halogenated alkanes) is 1. The molecule has 0 aliphatic carbocycles. The number of carboxylic acid groups (broad SMARTS) is 1. The summed E-state index contributed by atoms with van der Waals surface area (Å²) in [5, 5.41) is 17.1. The SMILES string of the molecule is C=C(C)C(=O)OCCCCOc1ccc(C(=O)O)cc1.N#Cc1ccc(N)cc1. The molecule has 0 aromatic heterocycles. The van der Waals surface area contributed by atoms with Crippen LogP contribution in [-0.2, 0) is 9.53 Å². The minimum atomic E-state index is -0.962. The Labute approximate surface area is 170 Å². The average molecular weight is 396 g/mol. The van der Waals surface area contributed by atoms with E-state index in [4.69, 9.17) is 25.6 Å². The summed E-state index contributed by atoms with van der Waals surface area (Å²) in [6.07, 6.45) is 1.44. The maximum absolute atomic E-state index is 11.1. The number of nitrogens with two attached hydrogens (primary N) is 1. The van der Waals surface area contributed by atoms with E-state index in [0.29, 0.717) is 42.2 Å². The summed E-state index contributed by atoms with van der Waals surface area (Å²) < 4.78 is 10.4. The van der Waals surface area contributed by atoms with Crippen molar-refractivity contribution in [3.63, 3.8) is 0 Å². The van der Waals surface area contributed by atoms with Crippen molar-refractivity contribution in [1.29, 1.82) is 5.26 Å². The van der Waals surface area contributed by atoms with Crippen LogP contribution in [0.5, 0.6) is 5.75 Å². The molecular formula is C22H24N2O5. The summed E-state index contributed by atoms with van der Waals surface area (Å²) in [5.74, 6) is -0.722. The van der Waals surface area contributed by atoms with Crippen molar-refractivity contribution in [1.82, 2.24) is 0 Å². The van der Waals surface area contributed by atoms with E-state index >= 15 is 0 Å². The predicted molar refractivity (Wildman–Crippen MR) is 109 cm³/mol. The van der Waals surface area contributed by atoms with Crippen LogP contribution in [0, 0.1) is 11.3 Å². The van der Waals surface area contributed by atoms with Gasteiger partial charge in [0.2, 0.25) is 0 Å². The van der Waals surface area contributed by atoms with Crippen LogP contribution >= 0.6 is 0 Å². The molecule has 0 saturated carbocycles. The molecule has 2 rings (SSSR count). The van der Waals surface area contributed by atoms with E-state index in [2.05, 4.69) is 6.58 Å². The zero-order valence-electron chi connectivity index (χ0n) is 16.3. The number of nitrogen functional groups attached to an aromatic ring is 1. The van der Waals surface area contributed by atoms with Crippen molar-refractivity contribution in [2.24, 2.45) is 0 Å². The third kappa shape index (κ3) is 9.63. The lowest BCUT2D eigenvalue weighted by Gasteiger charge is -2.07. The molecule has 0 radical (unpaired) electrons. The highest BCUT2D eigenvalue weighted by molar-refractivity contribution is 5.87. The van der Waals surface area contributed by atoms with Crippen LogP contribution in [0.3, 0.4) is 0 Å². The number of hydrogen-bond donors (Lipinski definition) is 2. The molecule has 29 heavy (non-hydrogen) atoms. The average Bonchev–Trinajstić information content (AvgIpc) is 2.71. The van der Waals surface area contributed by atoms with Gasteiger partial charge in [0.25, 0.3) is 0 Å². The largest absolute Gasteiger partial charge is 0.494 e. The van der Waals surface area contributed by atoms with Crippen LogP contribution in [0.25, 0.3) is 0 Å². The molecule has 7 nitrogen and oxygen atoms in total. The third-order valence-corrected chi connectivity index (χ3v) is 3.53. The van der Waals surface area contributed by atoms with Gasteiger partial charge in [-0.05, 0) is 68.3 Å². The Morgan fingerprint density at radius 3 is 2.17 bits per heavy atom. The highest BCUT2D eigenvalue weighted by Crippen LogP contribution is 2.12. The second kappa shape index (κ2) is 12.6. The number of nitriles is 1. The van der Waals surface area contributed by atoms with Gasteiger partial charge in [0.05, 0.1) is 30.4 Å². The monoisotopic (exact) mass is 396 g/mol. The molecular weight excluding hydrogens is 372 g/mol. The predicted octanol–water partition coefficient (Wildman–Crippen LogP) is 3.80. The van der Waals surface area contributed by atoms with Crippen LogP contribution in [0.4, 0.5) is 5.69 Å². The summed E-state index contributed by atoms with van der Waals surface area (Å²) in [6, 6.07) is 15.0. The van der Waals surface area contributed by atoms with Crippen LogP contribution in [0.1, 0.15) is 35.7 Å². The van der Waals surface area contributed by atoms with E-state index in [0.717, 1.165) is 6.42 Å². The van der Waals surface area contributed by atoms with Gasteiger partial charge < -0.3 is 20.3 Å². The first kappa shape index (κ1) is 23.2. The minimum Gasteiger partial charge on any atom is -0.494 e. The zero-order chi connectivity index (χ0) is 21.6. The van der Waals surface area contributed by atoms with Gasteiger partial charge in [0.15, 0.2) is 0 Å². The number of esters is 1. The maximum Gasteiger partial charge on any atom is 0.335 e. The molecule has 0 amide bonds. The Morgan fingerprint density at radius 1 is 1.07 bits per heavy atom. The zero-order valence-corrected chi connectivity index (χ0v) is 16.3. The Bertz CT molecular complexity index is 852. The van der Waals surface area contributed by atoms with Crippen LogP contribution in [0.2, 0.25) is 0 Å². The van der Waals surface area contributed by atoms with Gasteiger partial charge in [-0.25, -0.2) is 9.59 Å². The summed E-state index contributed by atoms with van der Waals surface area (Å²) in [7, 11) is 0. The van der Waals surface area contributed by atoms with E-state index in [9.17, 15) is 9.59 Å². The Morgan fingerprint density at radius 2 is 1.66 bits per heavy atom. The fraction of sp³-hybridized carbons (Fsp3) is 0.227. The molecule has 2 aromatic carbocycles. The van der Waals surface area contributed by atoms with E-state index in [1.165, 1.54) is 12.1 Å². The van der Waals surface area contributed by atoms with E-state index < -0.39 is 5.97 Å². The number of anilines is 1. The van der Waals surface area contributed by atoms with Gasteiger partial charge in [-0.15, -0.1) is 0 Å². The molecule has 0 spiro atoms. The number of rotatable bonds is 8. The topological polar surface area (TPSA) is 123 Å². The van der Waals surface area contributed by atoms with Crippen molar-refractivity contribution in [2.75, 3.05) is 18.9 Å². The van der Waals surface area contributed by atoms with Crippen molar-refractivity contribution in [2.45, 2.75) is 19.8 Å². The first-order valence-electron chi connectivity index (χ1n) is 8.88. The molecule has 0 heterocycles. The lowest BCUT2D eigenvalue weighted by molar-refractivity contribution is -0.139. The van der Waals surface area contributed by atoms with Gasteiger partial charge in [-0.1, -0.05) is 6.58 Å². The first-order valence-corrected chi connectivity index (χ1v) is 8.88. The molecule has 152 valence electrons. The van der Waals surface area contributed by atoms with Crippen molar-refractivity contribution in [3.8, 4) is 11.8 Å². The number of carboxylic acids is 1. The van der Waals surface area contributed by atoms with Crippen molar-refractivity contribution in [3.05, 3.63) is 71.8 Å². The van der Waals surface area contributed by atoms with Gasteiger partial charge in [0.1, 0.15) is 5.75 Å². The van der Waals surface area contributed by atoms with E-state index in [1.807, 2.05) is 6.07 Å². The molecule has 3 N–H and O–H groups in total. The quantitative estimate of drug-likeness (QED) is 0.301. The highest BCUT2D eigenvalue weighted by atomic mass is 16.5. The lowest BCUT2D eigenvalue weighted by Crippen LogP contribution is -2.07. The molecule has 0 bridgehead atoms. The Balaban J connectivity index is 0.000000387. The normalized spacial score (nSPS) is 9.38. The molecule has 0 unspecified atom stereocenters. The van der Waals surface area contributed by atoms with E-state index in [1.54, 1.807) is 43.3 Å². The Hall–Kier alpha value is -3.79. The molecule has 0 aliphatic rings. The van der Waals surface area contributed by atoms with Crippen molar-refractivity contribution < 1.29 is 24.2 Å². The second-order valence-electron chi connectivity index (χ2n) is 6.04. The molecule has 0 atom stereocenters. The highest BCUT2D eigenvalue weighted by Gasteiger charge is 2.03. The standard InChI is InChI=1S/C15H18O5.C7H6N2/c1-11(2)15(18)20-10-4-3-9-19-13-7-5-12(6-8-13)14(16)17;8-5-6-1-3-7(9)4-2-6/h5-8H,1,3-4,9-10H2,2H3,(H,16,17);1-4H,9H2. The maximum atomic E-state index is 11.1. The summed E-state index contributed by atoms with van der Waals surface area (Å²) in [6.45, 7) is 5.92. The first-order chi connectivity index (χ1) is 13.8. The molecule has 0 saturated heterocycles. The third-order valence-electron chi connectivity index (χ3n) is 3.53. The smallest absolute Gasteiger partial charge is 0.335 e. The number of carbonyl (C=O) groups excluding carboxylic acids is 1. The number of benzene rings is 2. The lowest BCUT2D eigenvalue weighted by atomic mass is 10.2. The molecule has 0 aliphatic heterocycles. The fourth-order valence-electron chi connectivity index (χ4n) is 1.93. The van der Waals surface area contributed by atoms with Crippen LogP contribution in [0.15, 0.2) is 60.7 Å². The molecule has 0 fully saturated rings. The summed E-state index contributed by atoms with van der Waals surface area (Å²) >= 11 is 0. The second-order valence-corrected chi connectivity index (χ2v) is 6.04. The number of nitrogens with zero attached hydrogens (tertiary/aromatic N) is 1. The number of aromatic carboxylic acids is 1. The number of carbonyl (C=O) groups is 2. The van der Waals surface area contributed by atoms with Gasteiger partial charge in [-0.2, -0.15) is 5.26 Å². The minimum absolute atomic E-state index is 0.226. The summed E-state index contributed by atoms with van der Waals surface area (Å²) in [4.78, 5) is 21.7. The van der Waals surface area contributed by atoms with Crippen molar-refractivity contribution >= 4 is 17.6 Å². The molecule has 2 aromatic rings.